The van der Waals surface area contributed by atoms with Gasteiger partial charge in [0.15, 0.2) is 0 Å². The van der Waals surface area contributed by atoms with Crippen molar-refractivity contribution >= 4 is 12.0 Å². The van der Waals surface area contributed by atoms with Gasteiger partial charge < -0.3 is 9.64 Å². The lowest BCUT2D eigenvalue weighted by Crippen LogP contribution is -2.47. The highest BCUT2D eigenvalue weighted by Gasteiger charge is 2.30. The zero-order valence-electron chi connectivity index (χ0n) is 13.5. The van der Waals surface area contributed by atoms with Gasteiger partial charge in [-0.3, -0.25) is 4.90 Å². The molecule has 2 amide bonds. The number of hydrogen-bond acceptors (Lipinski definition) is 3. The van der Waals surface area contributed by atoms with Gasteiger partial charge in [0.05, 0.1) is 0 Å². The van der Waals surface area contributed by atoms with Gasteiger partial charge in [-0.1, -0.05) is 25.5 Å². The molecule has 1 atom stereocenters. The normalized spacial score (nSPS) is 19.8. The summed E-state index contributed by atoms with van der Waals surface area (Å²) in [5, 5.41) is 0. The summed E-state index contributed by atoms with van der Waals surface area (Å²) in [6.07, 6.45) is 14.0. The van der Waals surface area contributed by atoms with Crippen LogP contribution in [0.1, 0.15) is 51.9 Å². The van der Waals surface area contributed by atoms with Crippen molar-refractivity contribution in [3.05, 3.63) is 24.6 Å². The molecule has 0 spiro atoms. The predicted molar refractivity (Wildman–Crippen MR) is 84.9 cm³/mol. The molecule has 2 rings (SSSR count). The third-order valence-electron chi connectivity index (χ3n) is 4.29. The highest BCUT2D eigenvalue weighted by atomic mass is 16.5. The van der Waals surface area contributed by atoms with Crippen molar-refractivity contribution in [1.82, 2.24) is 9.80 Å². The second-order valence-electron chi connectivity index (χ2n) is 5.93. The van der Waals surface area contributed by atoms with Crippen LogP contribution >= 0.6 is 0 Å². The SMILES string of the molecule is CCC(C(=O)OC1CCCCC1)N(C)C(=O)N1C=CCC=C1. The molecule has 0 saturated heterocycles. The molecule has 2 aliphatic rings. The van der Waals surface area contributed by atoms with E-state index in [-0.39, 0.29) is 18.1 Å². The van der Waals surface area contributed by atoms with Crippen molar-refractivity contribution in [3.8, 4) is 0 Å². The zero-order chi connectivity index (χ0) is 15.9. The van der Waals surface area contributed by atoms with Crippen LogP contribution in [-0.2, 0) is 9.53 Å². The number of ether oxygens (including phenoxy) is 1. The van der Waals surface area contributed by atoms with Gasteiger partial charge >= 0.3 is 12.0 Å². The lowest BCUT2D eigenvalue weighted by Gasteiger charge is -2.31. The van der Waals surface area contributed by atoms with Crippen LogP contribution in [-0.4, -0.2) is 41.0 Å². The largest absolute Gasteiger partial charge is 0.461 e. The maximum Gasteiger partial charge on any atom is 0.329 e. The second-order valence-corrected chi connectivity index (χ2v) is 5.93. The highest BCUT2D eigenvalue weighted by Crippen LogP contribution is 2.22. The average Bonchev–Trinajstić information content (AvgIpc) is 2.56. The quantitative estimate of drug-likeness (QED) is 0.748. The summed E-state index contributed by atoms with van der Waals surface area (Å²) in [6, 6.07) is -0.738. The Hall–Kier alpha value is -1.78. The maximum atomic E-state index is 12.4. The lowest BCUT2D eigenvalue weighted by atomic mass is 9.98. The van der Waals surface area contributed by atoms with Crippen LogP contribution in [0, 0.1) is 0 Å². The van der Waals surface area contributed by atoms with E-state index in [2.05, 4.69) is 0 Å². The van der Waals surface area contributed by atoms with Crippen LogP contribution in [0.4, 0.5) is 4.79 Å². The fraction of sp³-hybridized carbons (Fsp3) is 0.647. The van der Waals surface area contributed by atoms with E-state index in [1.807, 2.05) is 19.1 Å². The summed E-state index contributed by atoms with van der Waals surface area (Å²) in [6.45, 7) is 1.90. The molecule has 0 aromatic carbocycles. The minimum absolute atomic E-state index is 0.0218. The Labute approximate surface area is 132 Å². The number of allylic oxidation sites excluding steroid dienone is 2. The summed E-state index contributed by atoms with van der Waals surface area (Å²) in [4.78, 5) is 27.8. The first kappa shape index (κ1) is 16.6. The summed E-state index contributed by atoms with van der Waals surface area (Å²) in [5.74, 6) is -0.282. The highest BCUT2D eigenvalue weighted by molar-refractivity contribution is 5.84. The zero-order valence-corrected chi connectivity index (χ0v) is 13.5. The number of rotatable bonds is 4. The number of hydrogen-bond donors (Lipinski definition) is 0. The molecule has 1 aliphatic carbocycles. The van der Waals surface area contributed by atoms with Gasteiger partial charge in [0.1, 0.15) is 12.1 Å². The average molecular weight is 306 g/mol. The molecule has 122 valence electrons. The molecule has 5 nitrogen and oxygen atoms in total. The maximum absolute atomic E-state index is 12.4. The first-order valence-electron chi connectivity index (χ1n) is 8.22. The van der Waals surface area contributed by atoms with Crippen LogP contribution in [0.25, 0.3) is 0 Å². The molecule has 1 heterocycles. The van der Waals surface area contributed by atoms with Crippen molar-refractivity contribution in [2.24, 2.45) is 0 Å². The van der Waals surface area contributed by atoms with Crippen molar-refractivity contribution in [2.75, 3.05) is 7.05 Å². The molecular weight excluding hydrogens is 280 g/mol. The molecule has 1 saturated carbocycles. The van der Waals surface area contributed by atoms with E-state index in [0.717, 1.165) is 32.1 Å². The number of nitrogens with zero attached hydrogens (tertiary/aromatic N) is 2. The van der Waals surface area contributed by atoms with Crippen molar-refractivity contribution in [3.63, 3.8) is 0 Å². The second kappa shape index (κ2) is 8.01. The summed E-state index contributed by atoms with van der Waals surface area (Å²) >= 11 is 0. The Morgan fingerprint density at radius 1 is 1.23 bits per heavy atom. The predicted octanol–water partition coefficient (Wildman–Crippen LogP) is 3.43. The molecule has 0 aromatic rings. The Morgan fingerprint density at radius 2 is 1.86 bits per heavy atom. The van der Waals surface area contributed by atoms with Crippen LogP contribution in [0.15, 0.2) is 24.6 Å². The molecule has 0 bridgehead atoms. The van der Waals surface area contributed by atoms with Gasteiger partial charge in [-0.2, -0.15) is 0 Å². The molecule has 1 fully saturated rings. The van der Waals surface area contributed by atoms with E-state index in [4.69, 9.17) is 4.74 Å². The van der Waals surface area contributed by atoms with E-state index in [9.17, 15) is 9.59 Å². The van der Waals surface area contributed by atoms with Crippen molar-refractivity contribution < 1.29 is 14.3 Å². The number of amides is 2. The molecule has 0 aromatic heterocycles. The van der Waals surface area contributed by atoms with Gasteiger partial charge in [-0.15, -0.1) is 0 Å². The van der Waals surface area contributed by atoms with Crippen LogP contribution in [0.2, 0.25) is 0 Å². The van der Waals surface area contributed by atoms with E-state index in [0.29, 0.717) is 6.42 Å². The number of likely N-dealkylation sites (N-methyl/N-ethyl adjacent to an activating group) is 1. The summed E-state index contributed by atoms with van der Waals surface area (Å²) in [7, 11) is 1.66. The molecule has 1 unspecified atom stereocenters. The van der Waals surface area contributed by atoms with E-state index in [1.54, 1.807) is 19.4 Å². The summed E-state index contributed by atoms with van der Waals surface area (Å²) < 4.78 is 5.62. The molecular formula is C17H26N2O3. The fourth-order valence-electron chi connectivity index (χ4n) is 2.94. The number of carbonyl (C=O) groups is 2. The van der Waals surface area contributed by atoms with Gasteiger partial charge in [0.25, 0.3) is 0 Å². The topological polar surface area (TPSA) is 49.9 Å². The number of esters is 1. The minimum atomic E-state index is -0.529. The smallest absolute Gasteiger partial charge is 0.329 e. The third-order valence-corrected chi connectivity index (χ3v) is 4.29. The van der Waals surface area contributed by atoms with Gasteiger partial charge in [-0.05, 0) is 38.5 Å². The van der Waals surface area contributed by atoms with Crippen molar-refractivity contribution in [2.45, 2.75) is 64.0 Å². The lowest BCUT2D eigenvalue weighted by molar-refractivity contribution is -0.155. The Kier molecular flexibility index (Phi) is 6.04. The fourth-order valence-corrected chi connectivity index (χ4v) is 2.94. The Balaban J connectivity index is 1.94. The van der Waals surface area contributed by atoms with Crippen LogP contribution in [0.5, 0.6) is 0 Å². The van der Waals surface area contributed by atoms with Gasteiger partial charge in [0.2, 0.25) is 0 Å². The van der Waals surface area contributed by atoms with E-state index >= 15 is 0 Å². The standard InChI is InChI=1S/C17H26N2O3/c1-3-15(16(20)22-14-10-6-4-7-11-14)18(2)17(21)19-12-8-5-9-13-19/h8-9,12-15H,3-7,10-11H2,1-2H3. The molecule has 22 heavy (non-hydrogen) atoms. The first-order valence-corrected chi connectivity index (χ1v) is 8.22. The van der Waals surface area contributed by atoms with Gasteiger partial charge in [-0.25, -0.2) is 9.59 Å². The molecule has 5 heteroatoms. The Bertz CT molecular complexity index is 441. The van der Waals surface area contributed by atoms with E-state index < -0.39 is 6.04 Å². The number of carbonyl (C=O) groups excluding carboxylic acids is 2. The van der Waals surface area contributed by atoms with E-state index in [1.165, 1.54) is 16.2 Å². The molecule has 0 N–H and O–H groups in total. The number of urea groups is 1. The minimum Gasteiger partial charge on any atom is -0.461 e. The van der Waals surface area contributed by atoms with Gasteiger partial charge in [0, 0.05) is 19.4 Å². The van der Waals surface area contributed by atoms with Crippen LogP contribution in [0.3, 0.4) is 0 Å². The monoisotopic (exact) mass is 306 g/mol. The molecule has 0 radical (unpaired) electrons. The molecule has 1 aliphatic heterocycles. The third kappa shape index (κ3) is 4.12. The van der Waals surface area contributed by atoms with Crippen LogP contribution < -0.4 is 0 Å². The van der Waals surface area contributed by atoms with Crippen molar-refractivity contribution in [1.29, 1.82) is 0 Å². The summed E-state index contributed by atoms with van der Waals surface area (Å²) in [5.41, 5.74) is 0. The Morgan fingerprint density at radius 3 is 2.45 bits per heavy atom. The first-order chi connectivity index (χ1) is 10.6.